The molecule has 3 nitrogen and oxygen atoms in total. The van der Waals surface area contributed by atoms with Crippen LogP contribution < -0.4 is 4.90 Å². The molecule has 1 aliphatic heterocycles. The molecule has 0 saturated carbocycles. The molecule has 1 aliphatic rings. The summed E-state index contributed by atoms with van der Waals surface area (Å²) in [6, 6.07) is 7.86. The highest BCUT2D eigenvalue weighted by Crippen LogP contribution is 2.39. The lowest BCUT2D eigenvalue weighted by Crippen LogP contribution is -2.34. The number of hydrogen-bond acceptors (Lipinski definition) is 4. The van der Waals surface area contributed by atoms with Crippen LogP contribution in [0.5, 0.6) is 0 Å². The normalized spacial score (nSPS) is 17.4. The van der Waals surface area contributed by atoms with Crippen molar-refractivity contribution in [1.29, 1.82) is 0 Å². The first-order valence-electron chi connectivity index (χ1n) is 8.20. The van der Waals surface area contributed by atoms with E-state index in [1.54, 1.807) is 7.05 Å². The van der Waals surface area contributed by atoms with Gasteiger partial charge < -0.3 is 4.74 Å². The quantitative estimate of drug-likeness (QED) is 0.599. The third-order valence-corrected chi connectivity index (χ3v) is 7.03. The fourth-order valence-corrected chi connectivity index (χ4v) is 5.81. The van der Waals surface area contributed by atoms with Crippen molar-refractivity contribution >= 4 is 46.9 Å². The highest BCUT2D eigenvalue weighted by molar-refractivity contribution is 8.17. The van der Waals surface area contributed by atoms with Crippen LogP contribution in [-0.4, -0.2) is 34.8 Å². The summed E-state index contributed by atoms with van der Waals surface area (Å²) in [4.78, 5) is 13.6. The molecule has 1 heterocycles. The average molecular weight is 388 g/mol. The van der Waals surface area contributed by atoms with E-state index >= 15 is 0 Å². The van der Waals surface area contributed by atoms with E-state index in [1.165, 1.54) is 22.8 Å². The summed E-state index contributed by atoms with van der Waals surface area (Å²) in [6.07, 6.45) is 1.91. The van der Waals surface area contributed by atoms with Crippen molar-refractivity contribution in [3.63, 3.8) is 0 Å². The molecular weight excluding hydrogens is 362 g/mol. The Balaban J connectivity index is 1.95. The molecule has 0 bridgehead atoms. The molecule has 0 aromatic heterocycles. The summed E-state index contributed by atoms with van der Waals surface area (Å²) >= 11 is 10.6. The molecule has 1 saturated heterocycles. The summed E-state index contributed by atoms with van der Waals surface area (Å²) in [6.45, 7) is 5.59. The summed E-state index contributed by atoms with van der Waals surface area (Å²) in [5, 5.41) is 0.00832. The first kappa shape index (κ1) is 19.8. The second-order valence-electron chi connectivity index (χ2n) is 6.86. The zero-order valence-electron chi connectivity index (χ0n) is 14.8. The van der Waals surface area contributed by atoms with Crippen LogP contribution in [0.4, 0.5) is 10.5 Å². The number of benzene rings is 1. The lowest BCUT2D eigenvalue weighted by atomic mass is 10.1. The number of anilines is 1. The third kappa shape index (κ3) is 6.08. The highest BCUT2D eigenvalue weighted by atomic mass is 35.5. The van der Waals surface area contributed by atoms with Crippen LogP contribution in [0.1, 0.15) is 44.6 Å². The van der Waals surface area contributed by atoms with Gasteiger partial charge in [-0.15, -0.1) is 35.1 Å². The Morgan fingerprint density at radius 2 is 1.88 bits per heavy atom. The van der Waals surface area contributed by atoms with E-state index in [4.69, 9.17) is 16.3 Å². The van der Waals surface area contributed by atoms with Gasteiger partial charge in [-0.1, -0.05) is 12.1 Å². The molecule has 0 spiro atoms. The van der Waals surface area contributed by atoms with Crippen LogP contribution in [0.3, 0.4) is 0 Å². The van der Waals surface area contributed by atoms with E-state index < -0.39 is 5.60 Å². The number of amides is 1. The van der Waals surface area contributed by atoms with Gasteiger partial charge in [-0.25, -0.2) is 4.79 Å². The molecule has 0 aliphatic carbocycles. The second-order valence-corrected chi connectivity index (χ2v) is 10.3. The molecular formula is C18H26ClNO2S2. The molecule has 1 atom stereocenters. The number of hydrogen-bond donors (Lipinski definition) is 0. The van der Waals surface area contributed by atoms with Gasteiger partial charge in [-0.3, -0.25) is 4.90 Å². The Hall–Kier alpha value is -0.520. The van der Waals surface area contributed by atoms with Crippen molar-refractivity contribution in [2.75, 3.05) is 23.5 Å². The Bertz CT molecular complexity index is 539. The highest BCUT2D eigenvalue weighted by Gasteiger charge is 2.22. The van der Waals surface area contributed by atoms with E-state index in [2.05, 4.69) is 0 Å². The van der Waals surface area contributed by atoms with E-state index in [0.29, 0.717) is 4.58 Å². The van der Waals surface area contributed by atoms with Crippen molar-refractivity contribution < 1.29 is 9.53 Å². The Morgan fingerprint density at radius 3 is 2.42 bits per heavy atom. The SMILES string of the molecule is CN(C(=O)OC(C)(C)C)c1ccc(C(Cl)CC2SCCCS2)cc1. The minimum Gasteiger partial charge on any atom is -0.443 e. The van der Waals surface area contributed by atoms with Gasteiger partial charge in [0.05, 0.1) is 9.96 Å². The lowest BCUT2D eigenvalue weighted by Gasteiger charge is -2.25. The van der Waals surface area contributed by atoms with Gasteiger partial charge in [0.15, 0.2) is 0 Å². The van der Waals surface area contributed by atoms with Gasteiger partial charge in [0.25, 0.3) is 0 Å². The summed E-state index contributed by atoms with van der Waals surface area (Å²) in [5.74, 6) is 2.47. The Kier molecular flexibility index (Phi) is 7.20. The van der Waals surface area contributed by atoms with Crippen molar-refractivity contribution in [3.8, 4) is 0 Å². The molecule has 1 aromatic rings. The molecule has 24 heavy (non-hydrogen) atoms. The first-order valence-corrected chi connectivity index (χ1v) is 10.7. The number of rotatable bonds is 4. The predicted molar refractivity (Wildman–Crippen MR) is 108 cm³/mol. The summed E-state index contributed by atoms with van der Waals surface area (Å²) < 4.78 is 5.98. The van der Waals surface area contributed by atoms with Gasteiger partial charge in [0.2, 0.25) is 0 Å². The minimum atomic E-state index is -0.498. The lowest BCUT2D eigenvalue weighted by molar-refractivity contribution is 0.0589. The van der Waals surface area contributed by atoms with Crippen molar-refractivity contribution in [3.05, 3.63) is 29.8 Å². The average Bonchev–Trinajstić information content (AvgIpc) is 2.53. The summed E-state index contributed by atoms with van der Waals surface area (Å²) in [5.41, 5.74) is 1.41. The number of nitrogens with zero attached hydrogens (tertiary/aromatic N) is 1. The maximum atomic E-state index is 12.1. The molecule has 1 aromatic carbocycles. The minimum absolute atomic E-state index is 0.00832. The van der Waals surface area contributed by atoms with E-state index in [0.717, 1.165) is 17.7 Å². The molecule has 134 valence electrons. The van der Waals surface area contributed by atoms with Gasteiger partial charge >= 0.3 is 6.09 Å². The molecule has 1 amide bonds. The van der Waals surface area contributed by atoms with Crippen molar-refractivity contribution in [2.45, 2.75) is 49.2 Å². The molecule has 1 unspecified atom stereocenters. The molecule has 0 radical (unpaired) electrons. The number of carbonyl (C=O) groups is 1. The van der Waals surface area contributed by atoms with E-state index in [9.17, 15) is 4.79 Å². The largest absolute Gasteiger partial charge is 0.443 e. The molecule has 0 N–H and O–H groups in total. The maximum absolute atomic E-state index is 12.1. The van der Waals surface area contributed by atoms with Gasteiger partial charge in [-0.05, 0) is 62.8 Å². The topological polar surface area (TPSA) is 29.5 Å². The van der Waals surface area contributed by atoms with Crippen LogP contribution in [0.25, 0.3) is 0 Å². The van der Waals surface area contributed by atoms with Crippen molar-refractivity contribution in [2.24, 2.45) is 0 Å². The van der Waals surface area contributed by atoms with Crippen LogP contribution in [-0.2, 0) is 4.74 Å². The molecule has 1 fully saturated rings. The molecule has 2 rings (SSSR count). The predicted octanol–water partition coefficient (Wildman–Crippen LogP) is 5.92. The van der Waals surface area contributed by atoms with Crippen LogP contribution >= 0.6 is 35.1 Å². The fourth-order valence-electron chi connectivity index (χ4n) is 2.32. The van der Waals surface area contributed by atoms with Crippen LogP contribution in [0.15, 0.2) is 24.3 Å². The maximum Gasteiger partial charge on any atom is 0.414 e. The number of thioether (sulfide) groups is 2. The zero-order valence-corrected chi connectivity index (χ0v) is 17.1. The van der Waals surface area contributed by atoms with Gasteiger partial charge in [0, 0.05) is 12.7 Å². The standard InChI is InChI=1S/C18H26ClNO2S2/c1-18(2,3)22-17(21)20(4)14-8-6-13(7-9-14)15(19)12-16-23-10-5-11-24-16/h6-9,15-16H,5,10-12H2,1-4H3. The van der Waals surface area contributed by atoms with Gasteiger partial charge in [0.1, 0.15) is 5.60 Å². The van der Waals surface area contributed by atoms with E-state index in [1.807, 2.05) is 68.6 Å². The second kappa shape index (κ2) is 8.72. The fraction of sp³-hybridized carbons (Fsp3) is 0.611. The number of ether oxygens (including phenoxy) is 1. The smallest absolute Gasteiger partial charge is 0.414 e. The van der Waals surface area contributed by atoms with Crippen molar-refractivity contribution in [1.82, 2.24) is 0 Å². The van der Waals surface area contributed by atoms with Crippen LogP contribution in [0.2, 0.25) is 0 Å². The molecule has 6 heteroatoms. The third-order valence-electron chi connectivity index (χ3n) is 3.60. The summed E-state index contributed by atoms with van der Waals surface area (Å²) in [7, 11) is 1.72. The Labute approximate surface area is 158 Å². The first-order chi connectivity index (χ1) is 11.3. The number of alkyl halides is 1. The van der Waals surface area contributed by atoms with Gasteiger partial charge in [-0.2, -0.15) is 0 Å². The number of carbonyl (C=O) groups excluding carboxylic acids is 1. The zero-order chi connectivity index (χ0) is 17.7. The number of halogens is 1. The van der Waals surface area contributed by atoms with E-state index in [-0.39, 0.29) is 11.5 Å². The Morgan fingerprint density at radius 1 is 1.29 bits per heavy atom. The monoisotopic (exact) mass is 387 g/mol. The van der Waals surface area contributed by atoms with Crippen LogP contribution in [0, 0.1) is 0 Å².